The third-order valence-corrected chi connectivity index (χ3v) is 7.41. The Morgan fingerprint density at radius 1 is 1.06 bits per heavy atom. The molecule has 1 aromatic carbocycles. The number of pyridine rings is 1. The quantitative estimate of drug-likeness (QED) is 0.603. The molecule has 0 aliphatic heterocycles. The lowest BCUT2D eigenvalue weighted by Gasteiger charge is -2.42. The first kappa shape index (κ1) is 25.2. The number of benzene rings is 1. The number of esters is 1. The standard InChI is InChI=1S/C26H29F3N2O4/c1-24(34,26(27,28)29)18-7-5-17(6-8-18)22(32)31(20-9-10-20)21-11-13-25(14-12-21,23(33)35-2)19-4-3-15-30-16-19/h3-8,15-16,20-21,34H,9-14H2,1-2H3/t21-,24-,25-/m0/s1. The predicted octanol–water partition coefficient (Wildman–Crippen LogP) is 4.51. The minimum absolute atomic E-state index is 0.0782. The molecule has 6 nitrogen and oxygen atoms in total. The Hall–Kier alpha value is -2.94. The average Bonchev–Trinajstić information content (AvgIpc) is 3.69. The number of nitrogens with zero attached hydrogens (tertiary/aromatic N) is 2. The van der Waals surface area contributed by atoms with Crippen LogP contribution in [-0.2, 0) is 20.5 Å². The molecule has 1 atom stereocenters. The number of aromatic nitrogens is 1. The fourth-order valence-corrected chi connectivity index (χ4v) is 5.06. The van der Waals surface area contributed by atoms with E-state index in [1.54, 1.807) is 18.5 Å². The summed E-state index contributed by atoms with van der Waals surface area (Å²) in [5, 5.41) is 9.91. The normalized spacial score (nSPS) is 24.3. The zero-order valence-electron chi connectivity index (χ0n) is 19.7. The number of halogens is 3. The molecule has 2 fully saturated rings. The SMILES string of the molecule is COC(=O)[C@]1(c2cccnc2)CC[C@@H](N(C(=O)c2ccc([C@](C)(O)C(F)(F)F)cc2)C2CC2)CC1. The van der Waals surface area contributed by atoms with Gasteiger partial charge in [0.1, 0.15) is 0 Å². The molecular formula is C26H29F3N2O4. The number of carbonyl (C=O) groups is 2. The van der Waals surface area contributed by atoms with Gasteiger partial charge in [0.25, 0.3) is 5.91 Å². The highest BCUT2D eigenvalue weighted by molar-refractivity contribution is 5.95. The molecule has 35 heavy (non-hydrogen) atoms. The van der Waals surface area contributed by atoms with Crippen molar-refractivity contribution in [1.82, 2.24) is 9.88 Å². The van der Waals surface area contributed by atoms with Gasteiger partial charge in [-0.3, -0.25) is 14.6 Å². The minimum Gasteiger partial charge on any atom is -0.468 e. The molecule has 2 aliphatic rings. The van der Waals surface area contributed by atoms with E-state index < -0.39 is 17.2 Å². The summed E-state index contributed by atoms with van der Waals surface area (Å²) in [6, 6.07) is 8.61. The molecular weight excluding hydrogens is 461 g/mol. The van der Waals surface area contributed by atoms with E-state index in [1.165, 1.54) is 19.2 Å². The van der Waals surface area contributed by atoms with Crippen LogP contribution in [0.2, 0.25) is 0 Å². The second-order valence-corrected chi connectivity index (χ2v) is 9.64. The van der Waals surface area contributed by atoms with Crippen molar-refractivity contribution in [2.75, 3.05) is 7.11 Å². The number of hydrogen-bond donors (Lipinski definition) is 1. The average molecular weight is 491 g/mol. The number of aliphatic hydroxyl groups is 1. The van der Waals surface area contributed by atoms with E-state index in [4.69, 9.17) is 4.74 Å². The Kier molecular flexibility index (Phi) is 6.66. The number of rotatable bonds is 6. The summed E-state index contributed by atoms with van der Waals surface area (Å²) in [4.78, 5) is 32.3. The second kappa shape index (κ2) is 9.26. The van der Waals surface area contributed by atoms with Crippen molar-refractivity contribution in [3.05, 3.63) is 65.5 Å². The fourth-order valence-electron chi connectivity index (χ4n) is 5.06. The summed E-state index contributed by atoms with van der Waals surface area (Å²) < 4.78 is 44.6. The van der Waals surface area contributed by atoms with Gasteiger partial charge >= 0.3 is 12.1 Å². The van der Waals surface area contributed by atoms with Crippen LogP contribution in [0.4, 0.5) is 13.2 Å². The maximum absolute atomic E-state index is 13.4. The molecule has 1 amide bonds. The minimum atomic E-state index is -4.83. The number of methoxy groups -OCH3 is 1. The van der Waals surface area contributed by atoms with E-state index in [0.717, 1.165) is 30.5 Å². The predicted molar refractivity (Wildman–Crippen MR) is 121 cm³/mol. The maximum Gasteiger partial charge on any atom is 0.421 e. The van der Waals surface area contributed by atoms with Crippen molar-refractivity contribution in [2.45, 2.75) is 74.7 Å². The second-order valence-electron chi connectivity index (χ2n) is 9.64. The maximum atomic E-state index is 13.4. The molecule has 1 N–H and O–H groups in total. The van der Waals surface area contributed by atoms with Crippen LogP contribution in [0.25, 0.3) is 0 Å². The lowest BCUT2D eigenvalue weighted by Crippen LogP contribution is -2.49. The first-order chi connectivity index (χ1) is 16.5. The van der Waals surface area contributed by atoms with Gasteiger partial charge in [0.15, 0.2) is 5.60 Å². The van der Waals surface area contributed by atoms with E-state index >= 15 is 0 Å². The highest BCUT2D eigenvalue weighted by Gasteiger charge is 2.51. The first-order valence-electron chi connectivity index (χ1n) is 11.7. The van der Waals surface area contributed by atoms with Crippen LogP contribution in [0.15, 0.2) is 48.8 Å². The molecule has 2 saturated carbocycles. The topological polar surface area (TPSA) is 79.7 Å². The van der Waals surface area contributed by atoms with Gasteiger partial charge < -0.3 is 14.7 Å². The van der Waals surface area contributed by atoms with Gasteiger partial charge in [0, 0.05) is 30.0 Å². The Morgan fingerprint density at radius 3 is 2.14 bits per heavy atom. The molecule has 4 rings (SSSR count). The summed E-state index contributed by atoms with van der Waals surface area (Å²) in [6.07, 6.45) is 2.41. The third-order valence-electron chi connectivity index (χ3n) is 7.41. The van der Waals surface area contributed by atoms with Crippen molar-refractivity contribution in [3.8, 4) is 0 Å². The first-order valence-corrected chi connectivity index (χ1v) is 11.7. The molecule has 9 heteroatoms. The molecule has 0 radical (unpaired) electrons. The molecule has 1 heterocycles. The van der Waals surface area contributed by atoms with Crippen LogP contribution in [0, 0.1) is 0 Å². The van der Waals surface area contributed by atoms with E-state index in [0.29, 0.717) is 32.6 Å². The zero-order valence-corrected chi connectivity index (χ0v) is 19.7. The monoisotopic (exact) mass is 490 g/mol. The Balaban J connectivity index is 1.53. The summed E-state index contributed by atoms with van der Waals surface area (Å²) >= 11 is 0. The van der Waals surface area contributed by atoms with E-state index in [-0.39, 0.29) is 35.1 Å². The number of amides is 1. The van der Waals surface area contributed by atoms with Crippen molar-refractivity contribution in [3.63, 3.8) is 0 Å². The van der Waals surface area contributed by atoms with E-state index in [1.807, 2.05) is 11.0 Å². The molecule has 0 spiro atoms. The number of carbonyl (C=O) groups excluding carboxylic acids is 2. The Bertz CT molecular complexity index is 1060. The van der Waals surface area contributed by atoms with Crippen LogP contribution in [0.5, 0.6) is 0 Å². The fraction of sp³-hybridized carbons (Fsp3) is 0.500. The molecule has 2 aliphatic carbocycles. The third kappa shape index (κ3) is 4.66. The summed E-state index contributed by atoms with van der Waals surface area (Å²) in [5.41, 5.74) is -3.07. The summed E-state index contributed by atoms with van der Waals surface area (Å²) in [7, 11) is 1.37. The van der Waals surface area contributed by atoms with Gasteiger partial charge in [-0.25, -0.2) is 0 Å². The van der Waals surface area contributed by atoms with E-state index in [2.05, 4.69) is 4.98 Å². The lowest BCUT2D eigenvalue weighted by molar-refractivity contribution is -0.258. The van der Waals surface area contributed by atoms with Crippen LogP contribution in [0.3, 0.4) is 0 Å². The number of ether oxygens (including phenoxy) is 1. The molecule has 0 unspecified atom stereocenters. The van der Waals surface area contributed by atoms with Crippen LogP contribution in [-0.4, -0.2) is 52.2 Å². The van der Waals surface area contributed by atoms with Gasteiger partial charge in [-0.05, 0) is 74.8 Å². The van der Waals surface area contributed by atoms with Gasteiger partial charge in [-0.2, -0.15) is 13.2 Å². The number of hydrogen-bond acceptors (Lipinski definition) is 5. The highest BCUT2D eigenvalue weighted by Crippen LogP contribution is 2.44. The molecule has 1 aromatic heterocycles. The molecule has 0 saturated heterocycles. The van der Waals surface area contributed by atoms with Crippen molar-refractivity contribution in [2.24, 2.45) is 0 Å². The van der Waals surface area contributed by atoms with Crippen LogP contribution < -0.4 is 0 Å². The zero-order chi connectivity index (χ0) is 25.4. The van der Waals surface area contributed by atoms with Crippen molar-refractivity contribution in [1.29, 1.82) is 0 Å². The molecule has 188 valence electrons. The summed E-state index contributed by atoms with van der Waals surface area (Å²) in [6.45, 7) is 0.693. The van der Waals surface area contributed by atoms with Gasteiger partial charge in [-0.1, -0.05) is 18.2 Å². The van der Waals surface area contributed by atoms with Gasteiger partial charge in [0.05, 0.1) is 12.5 Å². The molecule has 0 bridgehead atoms. The highest BCUT2D eigenvalue weighted by atomic mass is 19.4. The van der Waals surface area contributed by atoms with Gasteiger partial charge in [-0.15, -0.1) is 0 Å². The lowest BCUT2D eigenvalue weighted by atomic mass is 9.68. The van der Waals surface area contributed by atoms with Crippen molar-refractivity contribution < 1.29 is 32.6 Å². The van der Waals surface area contributed by atoms with Crippen LogP contribution >= 0.6 is 0 Å². The Morgan fingerprint density at radius 2 is 1.66 bits per heavy atom. The van der Waals surface area contributed by atoms with Crippen molar-refractivity contribution >= 4 is 11.9 Å². The Labute approximate surface area is 202 Å². The van der Waals surface area contributed by atoms with E-state index in [9.17, 15) is 27.9 Å². The van der Waals surface area contributed by atoms with Gasteiger partial charge in [0.2, 0.25) is 0 Å². The smallest absolute Gasteiger partial charge is 0.421 e. The number of alkyl halides is 3. The molecule has 2 aromatic rings. The van der Waals surface area contributed by atoms with Crippen LogP contribution in [0.1, 0.15) is 66.9 Å². The summed E-state index contributed by atoms with van der Waals surface area (Å²) in [5.74, 6) is -0.566. The largest absolute Gasteiger partial charge is 0.468 e.